The van der Waals surface area contributed by atoms with Crippen molar-refractivity contribution in [2.75, 3.05) is 53.4 Å². The summed E-state index contributed by atoms with van der Waals surface area (Å²) in [6.07, 6.45) is 1.37. The van der Waals surface area contributed by atoms with Gasteiger partial charge in [0.1, 0.15) is 24.0 Å². The largest absolute Gasteiger partial charge is 0.496 e. The van der Waals surface area contributed by atoms with Crippen LogP contribution in [-0.2, 0) is 33.9 Å². The fourth-order valence-corrected chi connectivity index (χ4v) is 9.24. The van der Waals surface area contributed by atoms with Crippen molar-refractivity contribution in [1.29, 1.82) is 0 Å². The molecule has 13 heteroatoms. The number of aliphatic hydroxyl groups excluding tert-OH is 1. The van der Waals surface area contributed by atoms with Crippen molar-refractivity contribution < 1.29 is 33.8 Å². The summed E-state index contributed by atoms with van der Waals surface area (Å²) < 4.78 is 12.1. The lowest BCUT2D eigenvalue weighted by atomic mass is 9.77. The summed E-state index contributed by atoms with van der Waals surface area (Å²) in [6.45, 7) is 6.79. The van der Waals surface area contributed by atoms with E-state index in [0.717, 1.165) is 52.8 Å². The lowest BCUT2D eigenvalue weighted by Gasteiger charge is -2.36. The number of hydrogen-bond acceptors (Lipinski definition) is 10. The summed E-state index contributed by atoms with van der Waals surface area (Å²) in [7, 11) is 9.48. The van der Waals surface area contributed by atoms with Crippen LogP contribution in [0.25, 0.3) is 11.1 Å². The van der Waals surface area contributed by atoms with Gasteiger partial charge in [-0.25, -0.2) is 4.79 Å². The molecule has 0 aromatic heterocycles. The molecule has 8 atom stereocenters. The molecule has 64 heavy (non-hydrogen) atoms. The lowest BCUT2D eigenvalue weighted by Crippen LogP contribution is -2.54. The van der Waals surface area contributed by atoms with Crippen LogP contribution in [0.4, 0.5) is 10.5 Å². The molecule has 4 N–H and O–H groups in total. The summed E-state index contributed by atoms with van der Waals surface area (Å²) in [5.41, 5.74) is 5.64. The van der Waals surface area contributed by atoms with Gasteiger partial charge in [0, 0.05) is 61.6 Å². The van der Waals surface area contributed by atoms with E-state index in [-0.39, 0.29) is 42.9 Å². The van der Waals surface area contributed by atoms with E-state index in [1.54, 1.807) is 19.1 Å². The zero-order valence-electron chi connectivity index (χ0n) is 38.8. The van der Waals surface area contributed by atoms with Gasteiger partial charge >= 0.3 is 6.09 Å². The second-order valence-corrected chi connectivity index (χ2v) is 18.0. The summed E-state index contributed by atoms with van der Waals surface area (Å²) in [6, 6.07) is 30.2. The minimum Gasteiger partial charge on any atom is -0.496 e. The summed E-state index contributed by atoms with van der Waals surface area (Å²) in [5, 5.41) is 21.8. The lowest BCUT2D eigenvalue weighted by molar-refractivity contribution is -0.182. The maximum atomic E-state index is 14.7. The Morgan fingerprint density at radius 3 is 2.27 bits per heavy atom. The number of amides is 3. The number of aliphatic hydroxyl groups is 1. The number of nitrogens with one attached hydrogen (secondary N) is 3. The van der Waals surface area contributed by atoms with E-state index in [4.69, 9.17) is 14.3 Å². The van der Waals surface area contributed by atoms with Gasteiger partial charge in [-0.2, -0.15) is 5.06 Å². The minimum absolute atomic E-state index is 0.0398. The number of hydroxylamine groups is 2. The fraction of sp³-hybridized carbons (Fsp3) is 0.471. The Morgan fingerprint density at radius 1 is 0.906 bits per heavy atom. The van der Waals surface area contributed by atoms with Crippen LogP contribution in [0.2, 0.25) is 0 Å². The van der Waals surface area contributed by atoms with E-state index in [1.807, 2.05) is 118 Å². The predicted octanol–water partition coefficient (Wildman–Crippen LogP) is 6.68. The van der Waals surface area contributed by atoms with Crippen molar-refractivity contribution in [2.24, 2.45) is 17.8 Å². The molecule has 2 fully saturated rings. The van der Waals surface area contributed by atoms with Gasteiger partial charge in [0.15, 0.2) is 0 Å². The van der Waals surface area contributed by atoms with Crippen LogP contribution in [0, 0.1) is 17.8 Å². The summed E-state index contributed by atoms with van der Waals surface area (Å²) in [4.78, 5) is 52.5. The Labute approximate surface area is 379 Å². The second kappa shape index (κ2) is 22.4. The molecular weight excluding hydrogens is 809 g/mol. The third kappa shape index (κ3) is 12.2. The number of nitrogens with zero attached hydrogens (tertiary/aromatic N) is 3. The molecule has 13 nitrogen and oxygen atoms in total. The number of ether oxygens (including phenoxy) is 2. The molecule has 3 amide bonds. The minimum atomic E-state index is -0.926. The maximum absolute atomic E-state index is 14.7. The van der Waals surface area contributed by atoms with Crippen molar-refractivity contribution in [2.45, 2.75) is 89.9 Å². The smallest absolute Gasteiger partial charge is 0.407 e. The van der Waals surface area contributed by atoms with Gasteiger partial charge in [0.25, 0.3) is 5.91 Å². The molecule has 1 saturated heterocycles. The molecule has 1 saturated carbocycles. The zero-order valence-corrected chi connectivity index (χ0v) is 38.8. The van der Waals surface area contributed by atoms with Crippen molar-refractivity contribution in [3.05, 3.63) is 119 Å². The Balaban J connectivity index is 1.30. The van der Waals surface area contributed by atoms with Gasteiger partial charge in [0.2, 0.25) is 5.91 Å². The third-order valence-electron chi connectivity index (χ3n) is 12.9. The molecule has 0 bridgehead atoms. The van der Waals surface area contributed by atoms with Crippen molar-refractivity contribution in [3.63, 3.8) is 0 Å². The molecule has 2 aliphatic rings. The molecule has 344 valence electrons. The summed E-state index contributed by atoms with van der Waals surface area (Å²) >= 11 is 0. The van der Waals surface area contributed by atoms with Crippen molar-refractivity contribution in [3.8, 4) is 16.9 Å². The van der Waals surface area contributed by atoms with Crippen LogP contribution in [0.5, 0.6) is 5.75 Å². The highest BCUT2D eigenvalue weighted by Gasteiger charge is 2.51. The normalized spacial score (nSPS) is 22.0. The van der Waals surface area contributed by atoms with Crippen LogP contribution < -0.4 is 25.6 Å². The van der Waals surface area contributed by atoms with E-state index in [1.165, 1.54) is 0 Å². The zero-order chi connectivity index (χ0) is 45.9. The Bertz CT molecular complexity index is 2150. The first-order chi connectivity index (χ1) is 30.8. The molecule has 0 radical (unpaired) electrons. The first kappa shape index (κ1) is 48.0. The number of benzene rings is 4. The van der Waals surface area contributed by atoms with E-state index in [2.05, 4.69) is 46.8 Å². The second-order valence-electron chi connectivity index (χ2n) is 18.0. The van der Waals surface area contributed by atoms with Crippen LogP contribution in [-0.4, -0.2) is 112 Å². The maximum Gasteiger partial charge on any atom is 0.407 e. The number of hydrogen-bond donors (Lipinski definition) is 4. The number of anilines is 1. The number of carbonyl (C=O) groups is 3. The predicted molar refractivity (Wildman–Crippen MR) is 251 cm³/mol. The number of methoxy groups -OCH3 is 1. The monoisotopic (exact) mass is 877 g/mol. The Hall–Kier alpha value is -5.47. The van der Waals surface area contributed by atoms with Gasteiger partial charge in [-0.1, -0.05) is 106 Å². The number of likely N-dealkylation sites (N-methyl/N-ethyl adjacent to an activating group) is 1. The van der Waals surface area contributed by atoms with Gasteiger partial charge in [0.05, 0.1) is 26.2 Å². The molecule has 1 aliphatic carbocycles. The first-order valence-corrected chi connectivity index (χ1v) is 22.6. The molecule has 0 spiro atoms. The molecule has 1 aliphatic heterocycles. The van der Waals surface area contributed by atoms with Crippen LogP contribution in [0.1, 0.15) is 67.1 Å². The summed E-state index contributed by atoms with van der Waals surface area (Å²) in [5.74, 6) is 0.109. The first-order valence-electron chi connectivity index (χ1n) is 22.6. The average Bonchev–Trinajstić information content (AvgIpc) is 3.65. The number of rotatable bonds is 18. The molecule has 1 heterocycles. The van der Waals surface area contributed by atoms with Gasteiger partial charge in [-0.05, 0) is 80.6 Å². The van der Waals surface area contributed by atoms with Gasteiger partial charge < -0.3 is 40.3 Å². The van der Waals surface area contributed by atoms with Crippen LogP contribution in [0.15, 0.2) is 97.1 Å². The number of carbonyl (C=O) groups excluding carboxylic acids is 3. The average molecular weight is 877 g/mol. The van der Waals surface area contributed by atoms with Crippen LogP contribution >= 0.6 is 0 Å². The highest BCUT2D eigenvalue weighted by atomic mass is 16.7. The SMILES string of the molecule is COc1c(CN2O[C@@H](CO)[C@@H]([C@H](C)OC(=O)NCc3ccccc3)[C@H]2C(=O)N[C@H]2CCC[C@@H](C)[C@@H]2C)cccc1-c1cc(C(=O)N[C@@H](Cc2ccccc2)CN(C)C)cc(N(C)C)c1. The quantitative estimate of drug-likeness (QED) is 0.0855. The van der Waals surface area contributed by atoms with E-state index in [9.17, 15) is 19.5 Å². The molecule has 4 aromatic carbocycles. The number of para-hydroxylation sites is 1. The van der Waals surface area contributed by atoms with E-state index < -0.39 is 36.9 Å². The molecule has 4 aromatic rings. The van der Waals surface area contributed by atoms with Gasteiger partial charge in [-0.15, -0.1) is 0 Å². The number of alkyl carbamates (subject to hydrolysis) is 1. The third-order valence-corrected chi connectivity index (χ3v) is 12.9. The van der Waals surface area contributed by atoms with Crippen molar-refractivity contribution >= 4 is 23.6 Å². The van der Waals surface area contributed by atoms with E-state index >= 15 is 0 Å². The Kier molecular flexibility index (Phi) is 16.8. The highest BCUT2D eigenvalue weighted by Crippen LogP contribution is 2.40. The van der Waals surface area contributed by atoms with Crippen molar-refractivity contribution in [1.82, 2.24) is 25.9 Å². The highest BCUT2D eigenvalue weighted by molar-refractivity contribution is 5.97. The van der Waals surface area contributed by atoms with Gasteiger partial charge in [-0.3, -0.25) is 14.4 Å². The van der Waals surface area contributed by atoms with E-state index in [0.29, 0.717) is 30.2 Å². The molecular formula is C51H68N6O7. The Morgan fingerprint density at radius 2 is 1.61 bits per heavy atom. The standard InChI is InChI=1S/C51H68N6O7/c1-33-17-15-24-44(34(33)2)54-50(60)47-46(35(3)63-51(61)52-29-37-20-13-10-14-21-37)45(32-58)64-57(47)30-38-22-16-23-43(48(38)62-8)39-26-40(28-42(27-39)56(6)7)49(59)53-41(31-55(4)5)25-36-18-11-9-12-19-36/h9-14,16,18-23,26-28,33-35,41,44-47,58H,15,17,24-25,29-32H2,1-8H3,(H,52,61)(H,53,59)(H,54,60)/t33-,34+,35+,41+,44+,45+,46-,47+/m1/s1. The molecule has 6 rings (SSSR count). The van der Waals surface area contributed by atoms with Crippen LogP contribution in [0.3, 0.4) is 0 Å². The molecule has 0 unspecified atom stereocenters. The fourth-order valence-electron chi connectivity index (χ4n) is 9.24. The topological polar surface area (TPSA) is 145 Å².